The summed E-state index contributed by atoms with van der Waals surface area (Å²) in [5, 5.41) is 23.0. The van der Waals surface area contributed by atoms with Gasteiger partial charge in [0.25, 0.3) is 5.91 Å². The average Bonchev–Trinajstić information content (AvgIpc) is 3.39. The summed E-state index contributed by atoms with van der Waals surface area (Å²) in [5.41, 5.74) is -3.05. The number of aromatic nitrogens is 5. The van der Waals surface area contributed by atoms with Gasteiger partial charge in [0, 0.05) is 5.56 Å². The molecule has 1 saturated carbocycles. The minimum Gasteiger partial charge on any atom is -0.463 e. The Hall–Kier alpha value is -5.52. The van der Waals surface area contributed by atoms with Gasteiger partial charge in [0.2, 0.25) is 18.2 Å². The highest BCUT2D eigenvalue weighted by molar-refractivity contribution is 6.32. The third-order valence-corrected chi connectivity index (χ3v) is 8.79. The summed E-state index contributed by atoms with van der Waals surface area (Å²) in [6.45, 7) is 4.94. The molecule has 51 heavy (non-hydrogen) atoms. The minimum atomic E-state index is -4.71. The van der Waals surface area contributed by atoms with E-state index in [0.29, 0.717) is 22.6 Å². The Bertz CT molecular complexity index is 1960. The number of carbonyl (C=O) groups excluding carboxylic acids is 2. The van der Waals surface area contributed by atoms with Crippen LogP contribution in [0.2, 0.25) is 5.02 Å². The zero-order valence-electron chi connectivity index (χ0n) is 27.3. The summed E-state index contributed by atoms with van der Waals surface area (Å²) in [6, 6.07) is 9.79. The molecule has 3 N–H and O–H groups in total. The van der Waals surface area contributed by atoms with Crippen LogP contribution in [0, 0.1) is 5.41 Å². The molecule has 0 bridgehead atoms. The van der Waals surface area contributed by atoms with Crippen LogP contribution in [0.1, 0.15) is 57.2 Å². The molecule has 1 unspecified atom stereocenters. The lowest BCUT2D eigenvalue weighted by Crippen LogP contribution is -2.49. The van der Waals surface area contributed by atoms with Crippen molar-refractivity contribution in [3.8, 4) is 17.1 Å². The van der Waals surface area contributed by atoms with E-state index in [2.05, 4.69) is 30.5 Å². The minimum absolute atomic E-state index is 0.114. The number of alkyl carbamates (subject to hydrolysis) is 1. The number of hydrogen-bond donors (Lipinski definition) is 3. The molecule has 2 atom stereocenters. The molecule has 1 saturated heterocycles. The molecule has 15 nitrogen and oxygen atoms in total. The summed E-state index contributed by atoms with van der Waals surface area (Å²) in [4.78, 5) is 52.7. The van der Waals surface area contributed by atoms with Gasteiger partial charge in [-0.15, -0.1) is 4.99 Å². The number of nitrogens with zero attached hydrogens (tertiary/aromatic N) is 7. The highest BCUT2D eigenvalue weighted by Crippen LogP contribution is 2.49. The number of alkyl halides is 3. The van der Waals surface area contributed by atoms with Gasteiger partial charge < -0.3 is 25.0 Å². The number of benzene rings is 2. The SMILES string of the molecule is CC(C)(C)C[C@]1(c2ccc(-c3ncon3)cc2)NC(=NC(=O)O)N(C(COC(=O)NC2(C(F)(F)F)CC2)c2ccc(Cl)c(-n3cncn3)c2)C1=O. The predicted molar refractivity (Wildman–Crippen MR) is 173 cm³/mol. The summed E-state index contributed by atoms with van der Waals surface area (Å²) in [7, 11) is 0. The molecule has 2 aromatic heterocycles. The lowest BCUT2D eigenvalue weighted by molar-refractivity contribution is -0.164. The van der Waals surface area contributed by atoms with Crippen molar-refractivity contribution in [2.45, 2.75) is 63.3 Å². The first kappa shape index (κ1) is 35.3. The van der Waals surface area contributed by atoms with E-state index in [1.807, 2.05) is 26.1 Å². The van der Waals surface area contributed by atoms with Gasteiger partial charge in [-0.2, -0.15) is 23.3 Å². The summed E-state index contributed by atoms with van der Waals surface area (Å²) in [6.07, 6.45) is -4.47. The fourth-order valence-corrected chi connectivity index (χ4v) is 6.24. The monoisotopic (exact) mass is 729 g/mol. The number of rotatable bonds is 9. The van der Waals surface area contributed by atoms with E-state index < -0.39 is 59.4 Å². The average molecular weight is 730 g/mol. The highest BCUT2D eigenvalue weighted by Gasteiger charge is 2.64. The smallest absolute Gasteiger partial charge is 0.434 e. The van der Waals surface area contributed by atoms with Crippen LogP contribution in [0.3, 0.4) is 0 Å². The van der Waals surface area contributed by atoms with Crippen LogP contribution in [0.5, 0.6) is 0 Å². The zero-order chi connectivity index (χ0) is 36.8. The molecule has 3 heterocycles. The molecule has 0 radical (unpaired) electrons. The van der Waals surface area contributed by atoms with Gasteiger partial charge in [0.1, 0.15) is 30.3 Å². The maximum Gasteiger partial charge on any atom is 0.434 e. The van der Waals surface area contributed by atoms with Crippen LogP contribution in [-0.4, -0.2) is 77.3 Å². The van der Waals surface area contributed by atoms with Crippen molar-refractivity contribution in [1.82, 2.24) is 40.4 Å². The Morgan fingerprint density at radius 1 is 1.18 bits per heavy atom. The van der Waals surface area contributed by atoms with Gasteiger partial charge in [-0.25, -0.2) is 19.3 Å². The Morgan fingerprint density at radius 2 is 1.90 bits per heavy atom. The molecular weight excluding hydrogens is 699 g/mol. The predicted octanol–water partition coefficient (Wildman–Crippen LogP) is 5.63. The van der Waals surface area contributed by atoms with E-state index >= 15 is 4.79 Å². The zero-order valence-corrected chi connectivity index (χ0v) is 28.1. The largest absolute Gasteiger partial charge is 0.463 e. The van der Waals surface area contributed by atoms with Gasteiger partial charge in [-0.1, -0.05) is 67.9 Å². The van der Waals surface area contributed by atoms with Crippen LogP contribution in [0.15, 0.2) is 71.0 Å². The number of nitrogens with one attached hydrogen (secondary N) is 2. The molecule has 1 aliphatic heterocycles. The molecule has 4 aromatic rings. The molecule has 6 rings (SSSR count). The van der Waals surface area contributed by atoms with Crippen LogP contribution < -0.4 is 10.6 Å². The first-order valence-corrected chi connectivity index (χ1v) is 15.9. The number of carboxylic acid groups (broad SMARTS) is 1. The van der Waals surface area contributed by atoms with Crippen LogP contribution in [0.25, 0.3) is 17.1 Å². The van der Waals surface area contributed by atoms with Gasteiger partial charge in [0.05, 0.1) is 16.8 Å². The third-order valence-electron chi connectivity index (χ3n) is 8.47. The second-order valence-corrected chi connectivity index (χ2v) is 13.8. The Morgan fingerprint density at radius 3 is 2.47 bits per heavy atom. The fourth-order valence-electron chi connectivity index (χ4n) is 6.04. The summed E-state index contributed by atoms with van der Waals surface area (Å²) < 4.78 is 52.5. The number of ether oxygens (including phenoxy) is 1. The van der Waals surface area contributed by atoms with Crippen LogP contribution in [-0.2, 0) is 15.1 Å². The van der Waals surface area contributed by atoms with Crippen molar-refractivity contribution in [3.05, 3.63) is 77.7 Å². The molecule has 0 spiro atoms. The van der Waals surface area contributed by atoms with Gasteiger partial charge in [0.15, 0.2) is 0 Å². The third kappa shape index (κ3) is 7.08. The topological polar surface area (TPSA) is 190 Å². The van der Waals surface area contributed by atoms with E-state index in [4.69, 9.17) is 20.9 Å². The van der Waals surface area contributed by atoms with Crippen molar-refractivity contribution < 1.29 is 41.9 Å². The highest BCUT2D eigenvalue weighted by atomic mass is 35.5. The molecule has 2 aromatic carbocycles. The maximum absolute atomic E-state index is 15.0. The number of guanidine groups is 1. The number of halogens is 4. The first-order chi connectivity index (χ1) is 24.0. The van der Waals surface area contributed by atoms with E-state index in [9.17, 15) is 27.9 Å². The normalized spacial score (nSPS) is 19.9. The number of amides is 3. The number of hydrogen-bond acceptors (Lipinski definition) is 9. The Balaban J connectivity index is 1.45. The van der Waals surface area contributed by atoms with E-state index in [1.54, 1.807) is 24.3 Å². The molecule has 3 amide bonds. The fraction of sp³-hybridized carbons (Fsp3) is 0.375. The second kappa shape index (κ2) is 13.0. The molecular formula is C32H31ClF3N9O6. The molecule has 2 fully saturated rings. The van der Waals surface area contributed by atoms with Crippen molar-refractivity contribution >= 4 is 35.7 Å². The first-order valence-electron chi connectivity index (χ1n) is 15.5. The van der Waals surface area contributed by atoms with Crippen molar-refractivity contribution in [2.24, 2.45) is 10.4 Å². The van der Waals surface area contributed by atoms with Crippen molar-refractivity contribution in [2.75, 3.05) is 6.61 Å². The van der Waals surface area contributed by atoms with Crippen molar-refractivity contribution in [3.63, 3.8) is 0 Å². The van der Waals surface area contributed by atoms with Crippen molar-refractivity contribution in [1.29, 1.82) is 0 Å². The Labute approximate surface area is 292 Å². The summed E-state index contributed by atoms with van der Waals surface area (Å²) in [5.74, 6) is -0.782. The molecule has 2 aliphatic rings. The second-order valence-electron chi connectivity index (χ2n) is 13.4. The van der Waals surface area contributed by atoms with E-state index in [1.165, 1.54) is 41.9 Å². The quantitative estimate of drug-likeness (QED) is 0.194. The standard InChI is InChI=1S/C32H31ClF3N9O6/c1-29(2,3)14-31(20-7-4-18(5-8-20)24-38-17-51-43-24)25(46)45(26(41-31)40-27(47)48)23(13-50-28(49)42-30(10-11-30)32(34,35)36)19-6-9-21(33)22(12-19)44-16-37-15-39-44/h4-9,12,15-17,23H,10-11,13-14H2,1-3H3,(H,40,41)(H,42,49)(H,47,48)/t23?,31-/m1/s1. The van der Waals surface area contributed by atoms with Gasteiger partial charge in [-0.05, 0) is 47.9 Å². The maximum atomic E-state index is 15.0. The lowest BCUT2D eigenvalue weighted by Gasteiger charge is -2.35. The van der Waals surface area contributed by atoms with Crippen LogP contribution >= 0.6 is 11.6 Å². The van der Waals surface area contributed by atoms with Crippen LogP contribution in [0.4, 0.5) is 22.8 Å². The molecule has 268 valence electrons. The van der Waals surface area contributed by atoms with Gasteiger partial charge >= 0.3 is 18.4 Å². The van der Waals surface area contributed by atoms with E-state index in [0.717, 1.165) is 4.90 Å². The van der Waals surface area contributed by atoms with E-state index in [-0.39, 0.29) is 29.8 Å². The summed E-state index contributed by atoms with van der Waals surface area (Å²) >= 11 is 6.48. The number of carbonyl (C=O) groups is 3. The lowest BCUT2D eigenvalue weighted by atomic mass is 9.75. The Kier molecular flexibility index (Phi) is 8.99. The number of aliphatic imine (C=N–C) groups is 1. The molecule has 1 aliphatic carbocycles. The van der Waals surface area contributed by atoms with Gasteiger partial charge in [-0.3, -0.25) is 9.69 Å². The molecule has 19 heteroatoms.